The minimum atomic E-state index is -0.833. The largest absolute Gasteiger partial charge is 0.512 e. The Bertz CT molecular complexity index is 281. The predicted molar refractivity (Wildman–Crippen MR) is 35.6 cm³/mol. The first kappa shape index (κ1) is 7.53. The van der Waals surface area contributed by atoms with E-state index in [-0.39, 0.29) is 16.9 Å². The summed E-state index contributed by atoms with van der Waals surface area (Å²) in [6.45, 7) is 4.57. The van der Waals surface area contributed by atoms with Crippen LogP contribution in [0.3, 0.4) is 0 Å². The van der Waals surface area contributed by atoms with E-state index >= 15 is 0 Å². The van der Waals surface area contributed by atoms with Crippen molar-refractivity contribution in [1.29, 1.82) is 0 Å². The second kappa shape index (κ2) is 2.23. The first-order chi connectivity index (χ1) is 5.04. The van der Waals surface area contributed by atoms with Crippen LogP contribution in [0.2, 0.25) is 0 Å². The van der Waals surface area contributed by atoms with Gasteiger partial charge in [0, 0.05) is 0 Å². The lowest BCUT2D eigenvalue weighted by atomic mass is 10.1. The molecular formula is C7H6O4. The minimum Gasteiger partial charge on any atom is -0.512 e. The smallest absolute Gasteiger partial charge is 0.350 e. The number of ether oxygens (including phenoxy) is 1. The summed E-state index contributed by atoms with van der Waals surface area (Å²) >= 11 is 0. The van der Waals surface area contributed by atoms with Crippen molar-refractivity contribution in [3.8, 4) is 0 Å². The predicted octanol–water partition coefficient (Wildman–Crippen LogP) is 0.458. The molecule has 0 aromatic carbocycles. The molecule has 1 aliphatic rings. The first-order valence-corrected chi connectivity index (χ1v) is 2.89. The summed E-state index contributed by atoms with van der Waals surface area (Å²) < 4.78 is 4.15. The van der Waals surface area contributed by atoms with Crippen molar-refractivity contribution in [3.05, 3.63) is 23.5 Å². The Morgan fingerprint density at radius 3 is 2.18 bits per heavy atom. The van der Waals surface area contributed by atoms with Gasteiger partial charge in [-0.15, -0.1) is 0 Å². The van der Waals surface area contributed by atoms with Gasteiger partial charge in [-0.05, 0) is 6.92 Å². The molecule has 1 rings (SSSR count). The fourth-order valence-electron chi connectivity index (χ4n) is 0.788. The fourth-order valence-corrected chi connectivity index (χ4v) is 0.788. The van der Waals surface area contributed by atoms with E-state index in [1.54, 1.807) is 0 Å². The van der Waals surface area contributed by atoms with Gasteiger partial charge in [0.05, 0.1) is 5.57 Å². The Hall–Kier alpha value is -1.58. The summed E-state index contributed by atoms with van der Waals surface area (Å²) in [4.78, 5) is 21.3. The molecule has 0 aromatic heterocycles. The highest BCUT2D eigenvalue weighted by atomic mass is 16.6. The highest BCUT2D eigenvalue weighted by Crippen LogP contribution is 2.21. The zero-order valence-corrected chi connectivity index (χ0v) is 5.88. The highest BCUT2D eigenvalue weighted by Gasteiger charge is 2.33. The molecule has 0 aromatic rings. The number of cyclic esters (lactones) is 2. The van der Waals surface area contributed by atoms with Gasteiger partial charge in [-0.1, -0.05) is 6.58 Å². The molecule has 1 fully saturated rings. The summed E-state index contributed by atoms with van der Waals surface area (Å²) in [5.41, 5.74) is -0.218. The Morgan fingerprint density at radius 1 is 1.45 bits per heavy atom. The number of aliphatic hydroxyl groups excluding tert-OH is 1. The molecule has 1 saturated heterocycles. The third-order valence-electron chi connectivity index (χ3n) is 1.30. The van der Waals surface area contributed by atoms with Gasteiger partial charge >= 0.3 is 11.9 Å². The number of esters is 2. The molecule has 0 amide bonds. The summed E-state index contributed by atoms with van der Waals surface area (Å²) in [6, 6.07) is 0. The Morgan fingerprint density at radius 2 is 2.00 bits per heavy atom. The SMILES string of the molecule is C=C1C(=O)OC(=O)/C1=C(/C)O. The van der Waals surface area contributed by atoms with E-state index in [9.17, 15) is 9.59 Å². The van der Waals surface area contributed by atoms with Gasteiger partial charge in [-0.25, -0.2) is 9.59 Å². The van der Waals surface area contributed by atoms with Crippen LogP contribution in [0.5, 0.6) is 0 Å². The molecule has 0 radical (unpaired) electrons. The number of hydrogen-bond acceptors (Lipinski definition) is 4. The summed E-state index contributed by atoms with van der Waals surface area (Å²) in [5, 5.41) is 8.88. The van der Waals surface area contributed by atoms with Crippen molar-refractivity contribution in [1.82, 2.24) is 0 Å². The van der Waals surface area contributed by atoms with Crippen LogP contribution in [-0.4, -0.2) is 17.0 Å². The lowest BCUT2D eigenvalue weighted by molar-refractivity contribution is -0.149. The number of rotatable bonds is 0. The Kier molecular flexibility index (Phi) is 1.53. The van der Waals surface area contributed by atoms with E-state index in [1.807, 2.05) is 0 Å². The van der Waals surface area contributed by atoms with Gasteiger partial charge in [-0.3, -0.25) is 0 Å². The van der Waals surface area contributed by atoms with Gasteiger partial charge in [0.15, 0.2) is 0 Å². The topological polar surface area (TPSA) is 63.6 Å². The zero-order chi connectivity index (χ0) is 8.59. The van der Waals surface area contributed by atoms with Crippen LogP contribution in [0.4, 0.5) is 0 Å². The van der Waals surface area contributed by atoms with E-state index in [4.69, 9.17) is 5.11 Å². The molecule has 0 spiro atoms. The summed E-state index contributed by atoms with van der Waals surface area (Å²) in [7, 11) is 0. The number of allylic oxidation sites excluding steroid dienone is 1. The van der Waals surface area contributed by atoms with Gasteiger partial charge in [-0.2, -0.15) is 0 Å². The average molecular weight is 154 g/mol. The van der Waals surface area contributed by atoms with Crippen molar-refractivity contribution in [2.75, 3.05) is 0 Å². The van der Waals surface area contributed by atoms with Gasteiger partial charge in [0.1, 0.15) is 11.3 Å². The van der Waals surface area contributed by atoms with E-state index in [0.29, 0.717) is 0 Å². The summed E-state index contributed by atoms with van der Waals surface area (Å²) in [6.07, 6.45) is 0. The van der Waals surface area contributed by atoms with Crippen LogP contribution >= 0.6 is 0 Å². The first-order valence-electron chi connectivity index (χ1n) is 2.89. The molecule has 58 valence electrons. The van der Waals surface area contributed by atoms with Crippen LogP contribution in [0, 0.1) is 0 Å². The van der Waals surface area contributed by atoms with Crippen molar-refractivity contribution < 1.29 is 19.4 Å². The molecule has 1 N–H and O–H groups in total. The van der Waals surface area contributed by atoms with Crippen LogP contribution in [0.1, 0.15) is 6.92 Å². The third kappa shape index (κ3) is 1.02. The number of aliphatic hydroxyl groups is 1. The monoisotopic (exact) mass is 154 g/mol. The van der Waals surface area contributed by atoms with Gasteiger partial charge < -0.3 is 9.84 Å². The second-order valence-electron chi connectivity index (χ2n) is 2.12. The number of carbonyl (C=O) groups excluding carboxylic acids is 2. The lowest BCUT2D eigenvalue weighted by Gasteiger charge is -1.91. The van der Waals surface area contributed by atoms with Crippen LogP contribution in [0.15, 0.2) is 23.5 Å². The number of hydrogen-bond donors (Lipinski definition) is 1. The normalized spacial score (nSPS) is 22.1. The Balaban J connectivity index is 3.19. The molecule has 4 nitrogen and oxygen atoms in total. The molecule has 4 heteroatoms. The van der Waals surface area contributed by atoms with Crippen molar-refractivity contribution in [3.63, 3.8) is 0 Å². The molecular weight excluding hydrogens is 148 g/mol. The van der Waals surface area contributed by atoms with Crippen molar-refractivity contribution in [2.45, 2.75) is 6.92 Å². The minimum absolute atomic E-state index is 0.0880. The zero-order valence-electron chi connectivity index (χ0n) is 5.88. The quantitative estimate of drug-likeness (QED) is 0.238. The van der Waals surface area contributed by atoms with Crippen LogP contribution < -0.4 is 0 Å². The number of carbonyl (C=O) groups is 2. The van der Waals surface area contributed by atoms with Crippen molar-refractivity contribution in [2.24, 2.45) is 0 Å². The highest BCUT2D eigenvalue weighted by molar-refractivity contribution is 6.17. The molecule has 0 unspecified atom stereocenters. The summed E-state index contributed by atoms with van der Waals surface area (Å²) in [5.74, 6) is -1.87. The molecule has 1 aliphatic heterocycles. The third-order valence-corrected chi connectivity index (χ3v) is 1.30. The maximum absolute atomic E-state index is 10.7. The maximum atomic E-state index is 10.7. The molecule has 0 aliphatic carbocycles. The van der Waals surface area contributed by atoms with Gasteiger partial charge in [0.2, 0.25) is 0 Å². The molecule has 0 saturated carbocycles. The van der Waals surface area contributed by atoms with Crippen LogP contribution in [-0.2, 0) is 14.3 Å². The second-order valence-corrected chi connectivity index (χ2v) is 2.12. The maximum Gasteiger partial charge on any atom is 0.350 e. The fraction of sp³-hybridized carbons (Fsp3) is 0.143. The molecule has 0 bridgehead atoms. The Labute approximate surface area is 62.8 Å². The average Bonchev–Trinajstić information content (AvgIpc) is 2.07. The van der Waals surface area contributed by atoms with E-state index in [1.165, 1.54) is 6.92 Å². The van der Waals surface area contributed by atoms with Crippen molar-refractivity contribution >= 4 is 11.9 Å². The van der Waals surface area contributed by atoms with E-state index < -0.39 is 11.9 Å². The molecule has 0 atom stereocenters. The van der Waals surface area contributed by atoms with E-state index in [0.717, 1.165) is 0 Å². The van der Waals surface area contributed by atoms with E-state index in [2.05, 4.69) is 11.3 Å². The standard InChI is InChI=1S/C7H6O4/c1-3-5(4(2)8)7(10)11-6(3)9/h8H,1H2,2H3/b5-4-. The molecule has 1 heterocycles. The van der Waals surface area contributed by atoms with Crippen LogP contribution in [0.25, 0.3) is 0 Å². The lowest BCUT2D eigenvalue weighted by Crippen LogP contribution is -1.98. The molecule has 11 heavy (non-hydrogen) atoms. The van der Waals surface area contributed by atoms with Gasteiger partial charge in [0.25, 0.3) is 0 Å².